The van der Waals surface area contributed by atoms with Gasteiger partial charge < -0.3 is 5.32 Å². The summed E-state index contributed by atoms with van der Waals surface area (Å²) in [4.78, 5) is 13.2. The molecular formula is C18H14BrNOS. The minimum atomic E-state index is 0.000238. The molecule has 0 spiro atoms. The molecule has 110 valence electrons. The lowest BCUT2D eigenvalue weighted by atomic mass is 10.1. The first-order valence-corrected chi connectivity index (χ1v) is 8.66. The van der Waals surface area contributed by atoms with Crippen molar-refractivity contribution in [2.45, 2.75) is 4.90 Å². The number of amides is 1. The molecule has 1 amide bonds. The summed E-state index contributed by atoms with van der Waals surface area (Å²) in [5.74, 6) is 0.393. The van der Waals surface area contributed by atoms with E-state index in [-0.39, 0.29) is 5.91 Å². The highest BCUT2D eigenvalue weighted by Crippen LogP contribution is 2.27. The third-order valence-electron chi connectivity index (χ3n) is 3.24. The van der Waals surface area contributed by atoms with Crippen LogP contribution < -0.4 is 5.32 Å². The van der Waals surface area contributed by atoms with E-state index in [4.69, 9.17) is 0 Å². The molecule has 3 aromatic carbocycles. The zero-order chi connectivity index (χ0) is 15.4. The van der Waals surface area contributed by atoms with Crippen LogP contribution in [0.4, 0.5) is 5.69 Å². The van der Waals surface area contributed by atoms with Gasteiger partial charge in [-0.05, 0) is 41.1 Å². The van der Waals surface area contributed by atoms with Gasteiger partial charge in [0, 0.05) is 15.1 Å². The van der Waals surface area contributed by atoms with Crippen molar-refractivity contribution in [3.63, 3.8) is 0 Å². The molecule has 0 unspecified atom stereocenters. The van der Waals surface area contributed by atoms with Gasteiger partial charge in [-0.1, -0.05) is 52.3 Å². The number of carbonyl (C=O) groups excluding carboxylic acids is 1. The second-order valence-corrected chi connectivity index (χ2v) is 6.75. The van der Waals surface area contributed by atoms with Crippen LogP contribution in [0.5, 0.6) is 0 Å². The molecule has 0 aromatic heterocycles. The number of hydrogen-bond acceptors (Lipinski definition) is 2. The average molecular weight is 372 g/mol. The van der Waals surface area contributed by atoms with Crippen molar-refractivity contribution in [2.24, 2.45) is 0 Å². The number of carbonyl (C=O) groups is 1. The summed E-state index contributed by atoms with van der Waals surface area (Å²) in [6.45, 7) is 0. The molecule has 3 aromatic rings. The Labute approximate surface area is 142 Å². The molecular weight excluding hydrogens is 358 g/mol. The molecule has 0 saturated carbocycles. The summed E-state index contributed by atoms with van der Waals surface area (Å²) in [5, 5.41) is 5.29. The fourth-order valence-electron chi connectivity index (χ4n) is 2.20. The van der Waals surface area contributed by atoms with E-state index in [1.54, 1.807) is 11.8 Å². The minimum Gasteiger partial charge on any atom is -0.325 e. The third-order valence-corrected chi connectivity index (χ3v) is 4.84. The summed E-state index contributed by atoms with van der Waals surface area (Å²) < 4.78 is 0.996. The van der Waals surface area contributed by atoms with Crippen LogP contribution in [-0.4, -0.2) is 11.7 Å². The second kappa shape index (κ2) is 6.99. The van der Waals surface area contributed by atoms with Gasteiger partial charge in [0.05, 0.1) is 5.75 Å². The quantitative estimate of drug-likeness (QED) is 0.627. The first-order valence-electron chi connectivity index (χ1n) is 6.88. The molecule has 0 atom stereocenters. The van der Waals surface area contributed by atoms with E-state index in [1.165, 1.54) is 10.8 Å². The molecule has 0 bridgehead atoms. The molecule has 0 aliphatic rings. The van der Waals surface area contributed by atoms with Crippen molar-refractivity contribution in [1.82, 2.24) is 0 Å². The first-order chi connectivity index (χ1) is 10.7. The Morgan fingerprint density at radius 2 is 1.68 bits per heavy atom. The normalized spacial score (nSPS) is 10.6. The molecule has 0 saturated heterocycles. The predicted molar refractivity (Wildman–Crippen MR) is 97.4 cm³/mol. The van der Waals surface area contributed by atoms with E-state index < -0.39 is 0 Å². The number of nitrogens with one attached hydrogen (secondary N) is 1. The maximum absolute atomic E-state index is 12.1. The van der Waals surface area contributed by atoms with Crippen molar-refractivity contribution in [3.05, 3.63) is 71.2 Å². The Hall–Kier alpha value is -1.78. The number of hydrogen-bond donors (Lipinski definition) is 1. The van der Waals surface area contributed by atoms with Crippen LogP contribution in [0.25, 0.3) is 10.8 Å². The summed E-state index contributed by atoms with van der Waals surface area (Å²) in [5.41, 5.74) is 0.812. The summed E-state index contributed by atoms with van der Waals surface area (Å²) in [7, 11) is 0. The smallest absolute Gasteiger partial charge is 0.234 e. The summed E-state index contributed by atoms with van der Waals surface area (Å²) in [6.07, 6.45) is 0. The highest BCUT2D eigenvalue weighted by molar-refractivity contribution is 9.10. The maximum atomic E-state index is 12.1. The highest BCUT2D eigenvalue weighted by atomic mass is 79.9. The SMILES string of the molecule is O=C(CSc1cccc2ccccc12)Nc1ccc(Br)cc1. The molecule has 0 heterocycles. The Kier molecular flexibility index (Phi) is 4.80. The number of benzene rings is 3. The lowest BCUT2D eigenvalue weighted by Crippen LogP contribution is -2.13. The van der Waals surface area contributed by atoms with Gasteiger partial charge >= 0.3 is 0 Å². The lowest BCUT2D eigenvalue weighted by molar-refractivity contribution is -0.113. The molecule has 22 heavy (non-hydrogen) atoms. The molecule has 2 nitrogen and oxygen atoms in total. The largest absolute Gasteiger partial charge is 0.325 e. The number of thioether (sulfide) groups is 1. The number of anilines is 1. The summed E-state index contributed by atoms with van der Waals surface area (Å²) in [6, 6.07) is 22.0. The van der Waals surface area contributed by atoms with E-state index in [0.29, 0.717) is 5.75 Å². The molecule has 0 aliphatic heterocycles. The number of fused-ring (bicyclic) bond motifs is 1. The van der Waals surface area contributed by atoms with E-state index in [0.717, 1.165) is 15.1 Å². The zero-order valence-corrected chi connectivity index (χ0v) is 14.2. The van der Waals surface area contributed by atoms with Crippen LogP contribution in [-0.2, 0) is 4.79 Å². The Bertz CT molecular complexity index is 796. The second-order valence-electron chi connectivity index (χ2n) is 4.82. The average Bonchev–Trinajstić information content (AvgIpc) is 2.55. The molecule has 1 N–H and O–H groups in total. The van der Waals surface area contributed by atoms with Crippen LogP contribution in [0.1, 0.15) is 0 Å². The maximum Gasteiger partial charge on any atom is 0.234 e. The molecule has 3 rings (SSSR count). The first kappa shape index (κ1) is 15.1. The predicted octanol–water partition coefficient (Wildman–Crippen LogP) is 5.33. The van der Waals surface area contributed by atoms with Gasteiger partial charge in [-0.3, -0.25) is 4.79 Å². The standard InChI is InChI=1S/C18H14BrNOS/c19-14-8-10-15(11-9-14)20-18(21)12-22-17-7-3-5-13-4-1-2-6-16(13)17/h1-11H,12H2,(H,20,21). The fourth-order valence-corrected chi connectivity index (χ4v) is 3.33. The van der Waals surface area contributed by atoms with Crippen LogP contribution in [0.2, 0.25) is 0 Å². The van der Waals surface area contributed by atoms with Gasteiger partial charge in [-0.15, -0.1) is 11.8 Å². The van der Waals surface area contributed by atoms with Gasteiger partial charge in [0.15, 0.2) is 0 Å². The highest BCUT2D eigenvalue weighted by Gasteiger charge is 2.06. The van der Waals surface area contributed by atoms with Gasteiger partial charge in [-0.2, -0.15) is 0 Å². The van der Waals surface area contributed by atoms with Gasteiger partial charge in [0.2, 0.25) is 5.91 Å². The van der Waals surface area contributed by atoms with Crippen LogP contribution in [0.3, 0.4) is 0 Å². The van der Waals surface area contributed by atoms with E-state index in [9.17, 15) is 4.79 Å². The molecule has 0 aliphatic carbocycles. The fraction of sp³-hybridized carbons (Fsp3) is 0.0556. The topological polar surface area (TPSA) is 29.1 Å². The van der Waals surface area contributed by atoms with Crippen molar-refractivity contribution in [3.8, 4) is 0 Å². The summed E-state index contributed by atoms with van der Waals surface area (Å²) >= 11 is 4.94. The monoisotopic (exact) mass is 371 g/mol. The Balaban J connectivity index is 1.66. The lowest BCUT2D eigenvalue weighted by Gasteiger charge is -2.07. The van der Waals surface area contributed by atoms with Crippen molar-refractivity contribution >= 4 is 50.1 Å². The molecule has 0 radical (unpaired) electrons. The Morgan fingerprint density at radius 1 is 0.955 bits per heavy atom. The number of rotatable bonds is 4. The van der Waals surface area contributed by atoms with Crippen LogP contribution >= 0.6 is 27.7 Å². The van der Waals surface area contributed by atoms with Crippen LogP contribution in [0, 0.1) is 0 Å². The van der Waals surface area contributed by atoms with Crippen molar-refractivity contribution in [2.75, 3.05) is 11.1 Å². The molecule has 4 heteroatoms. The van der Waals surface area contributed by atoms with Gasteiger partial charge in [0.25, 0.3) is 0 Å². The van der Waals surface area contributed by atoms with Crippen molar-refractivity contribution in [1.29, 1.82) is 0 Å². The Morgan fingerprint density at radius 3 is 2.50 bits per heavy atom. The zero-order valence-electron chi connectivity index (χ0n) is 11.8. The van der Waals surface area contributed by atoms with E-state index in [2.05, 4.69) is 45.5 Å². The van der Waals surface area contributed by atoms with Gasteiger partial charge in [0.1, 0.15) is 0 Å². The molecule has 0 fully saturated rings. The van der Waals surface area contributed by atoms with Crippen molar-refractivity contribution < 1.29 is 4.79 Å². The van der Waals surface area contributed by atoms with Crippen LogP contribution in [0.15, 0.2) is 76.1 Å². The third kappa shape index (κ3) is 3.70. The minimum absolute atomic E-state index is 0.000238. The number of halogens is 1. The van der Waals surface area contributed by atoms with Gasteiger partial charge in [-0.25, -0.2) is 0 Å². The van der Waals surface area contributed by atoms with E-state index >= 15 is 0 Å². The van der Waals surface area contributed by atoms with E-state index in [1.807, 2.05) is 42.5 Å².